The predicted octanol–water partition coefficient (Wildman–Crippen LogP) is 2.97. The number of nitrogens with zero attached hydrogens (tertiary/aromatic N) is 2. The molecule has 0 aliphatic carbocycles. The highest BCUT2D eigenvalue weighted by atomic mass is 32.2. The molecule has 1 aliphatic rings. The first-order valence-corrected chi connectivity index (χ1v) is 8.38. The largest absolute Gasteiger partial charge is 0.504 e. The smallest absolute Gasteiger partial charge is 0.258 e. The van der Waals surface area contributed by atoms with Crippen LogP contribution in [-0.4, -0.2) is 39.6 Å². The number of benzene rings is 1. The monoisotopic (exact) mass is 310 g/mol. The van der Waals surface area contributed by atoms with E-state index >= 15 is 0 Å². The van der Waals surface area contributed by atoms with Crippen molar-refractivity contribution in [3.63, 3.8) is 0 Å². The van der Waals surface area contributed by atoms with E-state index in [0.717, 1.165) is 22.9 Å². The fourth-order valence-corrected chi connectivity index (χ4v) is 4.52. The molecule has 2 heterocycles. The Morgan fingerprint density at radius 1 is 1.40 bits per heavy atom. The topological polar surface area (TPSA) is 68.4 Å². The van der Waals surface area contributed by atoms with Crippen LogP contribution in [0.5, 0.6) is 11.5 Å². The molecule has 7 heteroatoms. The molecule has 0 amide bonds. The number of phenols is 1. The van der Waals surface area contributed by atoms with Crippen molar-refractivity contribution in [3.05, 3.63) is 24.0 Å². The maximum Gasteiger partial charge on any atom is 0.258 e. The van der Waals surface area contributed by atoms with Crippen molar-refractivity contribution < 1.29 is 14.4 Å². The molecule has 1 aromatic carbocycles. The van der Waals surface area contributed by atoms with Gasteiger partial charge in [-0.3, -0.25) is 0 Å². The first-order valence-electron chi connectivity index (χ1n) is 6.18. The maximum absolute atomic E-state index is 9.59. The van der Waals surface area contributed by atoms with Crippen LogP contribution >= 0.6 is 23.5 Å². The van der Waals surface area contributed by atoms with Gasteiger partial charge in [-0.05, 0) is 18.2 Å². The molecule has 0 spiro atoms. The Morgan fingerprint density at radius 3 is 3.05 bits per heavy atom. The molecule has 2 aromatic rings. The minimum Gasteiger partial charge on any atom is -0.504 e. The molecule has 1 aliphatic heterocycles. The van der Waals surface area contributed by atoms with Crippen LogP contribution in [0.1, 0.15) is 11.1 Å². The zero-order valence-electron chi connectivity index (χ0n) is 10.9. The van der Waals surface area contributed by atoms with Gasteiger partial charge in [-0.1, -0.05) is 5.16 Å². The van der Waals surface area contributed by atoms with Gasteiger partial charge in [0.1, 0.15) is 0 Å². The summed E-state index contributed by atoms with van der Waals surface area (Å²) in [5.74, 6) is 4.99. The summed E-state index contributed by atoms with van der Waals surface area (Å²) in [5.41, 5.74) is 0.742. The molecule has 0 radical (unpaired) electrons. The Kier molecular flexibility index (Phi) is 4.07. The van der Waals surface area contributed by atoms with E-state index in [-0.39, 0.29) is 5.75 Å². The molecule has 0 bridgehead atoms. The second kappa shape index (κ2) is 5.97. The molecule has 1 unspecified atom stereocenters. The number of rotatable bonds is 3. The summed E-state index contributed by atoms with van der Waals surface area (Å²) in [5, 5.41) is 14.0. The van der Waals surface area contributed by atoms with Crippen LogP contribution < -0.4 is 4.74 Å². The average molecular weight is 310 g/mol. The normalized spacial score (nSPS) is 18.9. The lowest BCUT2D eigenvalue weighted by Gasteiger charge is -2.16. The van der Waals surface area contributed by atoms with Gasteiger partial charge in [0.15, 0.2) is 17.3 Å². The summed E-state index contributed by atoms with van der Waals surface area (Å²) in [7, 11) is 1.51. The first-order chi connectivity index (χ1) is 9.78. The van der Waals surface area contributed by atoms with E-state index in [4.69, 9.17) is 9.26 Å². The van der Waals surface area contributed by atoms with Crippen LogP contribution in [-0.2, 0) is 0 Å². The van der Waals surface area contributed by atoms with Crippen molar-refractivity contribution >= 4 is 23.5 Å². The second-order valence-electron chi connectivity index (χ2n) is 4.28. The Balaban J connectivity index is 1.85. The van der Waals surface area contributed by atoms with E-state index in [1.165, 1.54) is 12.9 Å². The summed E-state index contributed by atoms with van der Waals surface area (Å²) in [4.78, 5) is 4.46. The third-order valence-electron chi connectivity index (χ3n) is 2.97. The Labute approximate surface area is 125 Å². The highest BCUT2D eigenvalue weighted by Crippen LogP contribution is 2.36. The molecular weight excluding hydrogens is 296 g/mol. The standard InChI is InChI=1S/C13H14N2O3S2/c1-17-10-6-8(2-3-9(10)16)13-14-12(15-18-13)11-7-19-4-5-20-11/h2-3,6,11,16H,4-5,7H2,1H3. The van der Waals surface area contributed by atoms with Crippen molar-refractivity contribution in [3.8, 4) is 23.0 Å². The molecule has 1 fully saturated rings. The lowest BCUT2D eigenvalue weighted by Crippen LogP contribution is -2.07. The van der Waals surface area contributed by atoms with E-state index in [1.54, 1.807) is 18.2 Å². The van der Waals surface area contributed by atoms with E-state index in [0.29, 0.717) is 16.9 Å². The van der Waals surface area contributed by atoms with Crippen LogP contribution in [0.4, 0.5) is 0 Å². The number of hydrogen-bond donors (Lipinski definition) is 1. The molecule has 1 aromatic heterocycles. The summed E-state index contributed by atoms with van der Waals surface area (Å²) in [6, 6.07) is 4.98. The van der Waals surface area contributed by atoms with Crippen molar-refractivity contribution in [2.75, 3.05) is 24.4 Å². The third kappa shape index (κ3) is 2.73. The quantitative estimate of drug-likeness (QED) is 0.934. The minimum absolute atomic E-state index is 0.0928. The van der Waals surface area contributed by atoms with Crippen molar-refractivity contribution in [2.24, 2.45) is 0 Å². The van der Waals surface area contributed by atoms with Gasteiger partial charge in [0.05, 0.1) is 12.4 Å². The van der Waals surface area contributed by atoms with Gasteiger partial charge in [-0.15, -0.1) is 11.8 Å². The SMILES string of the molecule is COc1cc(-c2nc(C3CSCCS3)no2)ccc1O. The number of aromatic nitrogens is 2. The predicted molar refractivity (Wildman–Crippen MR) is 80.5 cm³/mol. The number of methoxy groups -OCH3 is 1. The fraction of sp³-hybridized carbons (Fsp3) is 0.385. The zero-order valence-corrected chi connectivity index (χ0v) is 12.5. The first kappa shape index (κ1) is 13.6. The average Bonchev–Trinajstić information content (AvgIpc) is 2.98. The Hall–Kier alpha value is -1.34. The van der Waals surface area contributed by atoms with Crippen LogP contribution in [0, 0.1) is 0 Å². The number of phenolic OH excluding ortho intramolecular Hbond substituents is 1. The van der Waals surface area contributed by atoms with Gasteiger partial charge in [-0.25, -0.2) is 0 Å². The van der Waals surface area contributed by atoms with Gasteiger partial charge < -0.3 is 14.4 Å². The van der Waals surface area contributed by atoms with E-state index in [1.807, 2.05) is 23.5 Å². The summed E-state index contributed by atoms with van der Waals surface area (Å²) in [6.45, 7) is 0. The lowest BCUT2D eigenvalue weighted by molar-refractivity contribution is 0.373. The van der Waals surface area contributed by atoms with Gasteiger partial charge in [-0.2, -0.15) is 16.7 Å². The number of ether oxygens (including phenoxy) is 1. The van der Waals surface area contributed by atoms with Crippen LogP contribution in [0.2, 0.25) is 0 Å². The Morgan fingerprint density at radius 2 is 2.30 bits per heavy atom. The van der Waals surface area contributed by atoms with Gasteiger partial charge in [0.2, 0.25) is 0 Å². The molecule has 0 saturated carbocycles. The molecule has 20 heavy (non-hydrogen) atoms. The van der Waals surface area contributed by atoms with Gasteiger partial charge in [0, 0.05) is 22.8 Å². The van der Waals surface area contributed by atoms with E-state index < -0.39 is 0 Å². The fourth-order valence-electron chi connectivity index (χ4n) is 1.93. The third-order valence-corrected chi connectivity index (χ3v) is 5.72. The summed E-state index contributed by atoms with van der Waals surface area (Å²) in [6.07, 6.45) is 0. The van der Waals surface area contributed by atoms with Crippen LogP contribution in [0.25, 0.3) is 11.5 Å². The van der Waals surface area contributed by atoms with Gasteiger partial charge >= 0.3 is 0 Å². The maximum atomic E-state index is 9.59. The van der Waals surface area contributed by atoms with Crippen LogP contribution in [0.15, 0.2) is 22.7 Å². The zero-order chi connectivity index (χ0) is 13.9. The summed E-state index contributed by atoms with van der Waals surface area (Å²) < 4.78 is 10.4. The molecule has 106 valence electrons. The number of aromatic hydroxyl groups is 1. The van der Waals surface area contributed by atoms with E-state index in [9.17, 15) is 5.11 Å². The number of hydrogen-bond acceptors (Lipinski definition) is 7. The highest BCUT2D eigenvalue weighted by molar-refractivity contribution is 8.06. The molecule has 1 saturated heterocycles. The molecule has 1 N–H and O–H groups in total. The highest BCUT2D eigenvalue weighted by Gasteiger charge is 2.22. The van der Waals surface area contributed by atoms with Gasteiger partial charge in [0.25, 0.3) is 5.89 Å². The van der Waals surface area contributed by atoms with Crippen molar-refractivity contribution in [1.82, 2.24) is 10.1 Å². The molecular formula is C13H14N2O3S2. The molecule has 1 atom stereocenters. The molecule has 5 nitrogen and oxygen atoms in total. The Bertz CT molecular complexity index is 597. The molecule has 3 rings (SSSR count). The number of thioether (sulfide) groups is 2. The lowest BCUT2D eigenvalue weighted by atomic mass is 10.2. The van der Waals surface area contributed by atoms with Crippen molar-refractivity contribution in [1.29, 1.82) is 0 Å². The van der Waals surface area contributed by atoms with Crippen molar-refractivity contribution in [2.45, 2.75) is 5.25 Å². The second-order valence-corrected chi connectivity index (χ2v) is 6.74. The van der Waals surface area contributed by atoms with Crippen LogP contribution in [0.3, 0.4) is 0 Å². The van der Waals surface area contributed by atoms with E-state index in [2.05, 4.69) is 10.1 Å². The summed E-state index contributed by atoms with van der Waals surface area (Å²) >= 11 is 3.78. The minimum atomic E-state index is 0.0928.